The number of amides is 2. The first kappa shape index (κ1) is 29.1. The number of halogens is 2. The highest BCUT2D eigenvalue weighted by Crippen LogP contribution is 2.28. The van der Waals surface area contributed by atoms with Crippen LogP contribution >= 0.6 is 27.5 Å². The van der Waals surface area contributed by atoms with Gasteiger partial charge >= 0.3 is 0 Å². The molecular weight excluding hydrogens is 554 g/mol. The molecule has 1 N–H and O–H groups in total. The fourth-order valence-electron chi connectivity index (χ4n) is 3.66. The van der Waals surface area contributed by atoms with Gasteiger partial charge in [0.15, 0.2) is 0 Å². The highest BCUT2D eigenvalue weighted by molar-refractivity contribution is 9.10. The van der Waals surface area contributed by atoms with E-state index in [4.69, 9.17) is 11.6 Å². The van der Waals surface area contributed by atoms with E-state index in [2.05, 4.69) is 21.2 Å². The van der Waals surface area contributed by atoms with E-state index in [9.17, 15) is 18.0 Å². The monoisotopic (exact) mass is 585 g/mol. The SMILES string of the molecule is CCCNC(=O)[C@@H](C)N(Cc1cccc(Br)c1)C(=O)CCCN(c1cccc(Cl)c1C)S(C)(=O)=O. The number of carbonyl (C=O) groups excluding carboxylic acids is 2. The Morgan fingerprint density at radius 3 is 2.49 bits per heavy atom. The van der Waals surface area contributed by atoms with Crippen LogP contribution in [0.25, 0.3) is 0 Å². The van der Waals surface area contributed by atoms with Crippen molar-refractivity contribution in [2.24, 2.45) is 0 Å². The summed E-state index contributed by atoms with van der Waals surface area (Å²) in [6.45, 7) is 6.35. The third-order valence-electron chi connectivity index (χ3n) is 5.62. The van der Waals surface area contributed by atoms with Crippen molar-refractivity contribution in [3.63, 3.8) is 0 Å². The Balaban J connectivity index is 2.19. The van der Waals surface area contributed by atoms with E-state index in [1.807, 2.05) is 31.2 Å². The second-order valence-electron chi connectivity index (χ2n) is 8.44. The molecule has 2 aromatic carbocycles. The predicted molar refractivity (Wildman–Crippen MR) is 145 cm³/mol. The zero-order chi connectivity index (χ0) is 26.2. The molecule has 0 unspecified atom stereocenters. The number of sulfonamides is 1. The van der Waals surface area contributed by atoms with E-state index < -0.39 is 16.1 Å². The molecule has 10 heteroatoms. The van der Waals surface area contributed by atoms with E-state index in [1.165, 1.54) is 4.31 Å². The average molecular weight is 587 g/mol. The van der Waals surface area contributed by atoms with Crippen LogP contribution in [0.2, 0.25) is 5.02 Å². The average Bonchev–Trinajstić information content (AvgIpc) is 2.79. The molecule has 7 nitrogen and oxygen atoms in total. The summed E-state index contributed by atoms with van der Waals surface area (Å²) in [5.41, 5.74) is 2.03. The maximum Gasteiger partial charge on any atom is 0.242 e. The van der Waals surface area contributed by atoms with Crippen LogP contribution in [0.5, 0.6) is 0 Å². The van der Waals surface area contributed by atoms with Gasteiger partial charge in [0.25, 0.3) is 0 Å². The number of rotatable bonds is 12. The van der Waals surface area contributed by atoms with Crippen LogP contribution in [0, 0.1) is 6.92 Å². The zero-order valence-corrected chi connectivity index (χ0v) is 23.7. The highest BCUT2D eigenvalue weighted by Gasteiger charge is 2.27. The molecule has 2 aromatic rings. The molecule has 0 bridgehead atoms. The molecule has 2 rings (SSSR count). The summed E-state index contributed by atoms with van der Waals surface area (Å²) in [6.07, 6.45) is 2.30. The molecule has 1 atom stereocenters. The van der Waals surface area contributed by atoms with Crippen molar-refractivity contribution >= 4 is 55.1 Å². The first-order valence-corrected chi connectivity index (χ1v) is 14.5. The summed E-state index contributed by atoms with van der Waals surface area (Å²) < 4.78 is 27.2. The van der Waals surface area contributed by atoms with Gasteiger partial charge in [-0.2, -0.15) is 0 Å². The number of nitrogens with one attached hydrogen (secondary N) is 1. The Hall–Kier alpha value is -2.10. The minimum absolute atomic E-state index is 0.0883. The largest absolute Gasteiger partial charge is 0.354 e. The van der Waals surface area contributed by atoms with Crippen molar-refractivity contribution in [2.75, 3.05) is 23.7 Å². The third-order valence-corrected chi connectivity index (χ3v) is 7.70. The van der Waals surface area contributed by atoms with Crippen molar-refractivity contribution in [2.45, 2.75) is 52.6 Å². The maximum atomic E-state index is 13.3. The Morgan fingerprint density at radius 1 is 1.17 bits per heavy atom. The quantitative estimate of drug-likeness (QED) is 0.383. The molecule has 0 fully saturated rings. The molecule has 0 saturated carbocycles. The van der Waals surface area contributed by atoms with Gasteiger partial charge in [-0.3, -0.25) is 13.9 Å². The molecule has 0 aliphatic carbocycles. The topological polar surface area (TPSA) is 86.8 Å². The van der Waals surface area contributed by atoms with Gasteiger partial charge in [0, 0.05) is 35.6 Å². The van der Waals surface area contributed by atoms with Gasteiger partial charge in [-0.05, 0) is 62.1 Å². The number of hydrogen-bond acceptors (Lipinski definition) is 4. The van der Waals surface area contributed by atoms with Crippen molar-refractivity contribution in [1.82, 2.24) is 10.2 Å². The van der Waals surface area contributed by atoms with Gasteiger partial charge in [0.2, 0.25) is 21.8 Å². The molecule has 0 aliphatic rings. The van der Waals surface area contributed by atoms with E-state index in [-0.39, 0.29) is 37.7 Å². The second-order valence-corrected chi connectivity index (χ2v) is 11.7. The lowest BCUT2D eigenvalue weighted by Crippen LogP contribution is -2.47. The fourth-order valence-corrected chi connectivity index (χ4v) is 5.29. The van der Waals surface area contributed by atoms with Crippen LogP contribution in [-0.4, -0.2) is 50.5 Å². The maximum absolute atomic E-state index is 13.3. The van der Waals surface area contributed by atoms with Crippen LogP contribution in [-0.2, 0) is 26.2 Å². The Bertz CT molecular complexity index is 1140. The van der Waals surface area contributed by atoms with Crippen molar-refractivity contribution in [3.8, 4) is 0 Å². The first-order valence-electron chi connectivity index (χ1n) is 11.5. The molecule has 0 spiro atoms. The van der Waals surface area contributed by atoms with Gasteiger partial charge in [0.05, 0.1) is 11.9 Å². The normalized spacial score (nSPS) is 12.2. The summed E-state index contributed by atoms with van der Waals surface area (Å²) in [4.78, 5) is 27.5. The molecule has 0 aromatic heterocycles. The second kappa shape index (κ2) is 13.3. The standard InChI is InChI=1S/C25H33BrClN3O4S/c1-5-14-28-25(32)19(3)29(17-20-9-6-10-21(26)16-20)24(31)13-8-15-30(35(4,33)34)23-12-7-11-22(27)18(23)2/h6-7,9-12,16,19H,5,8,13-15,17H2,1-4H3,(H,28,32)/t19-/m1/s1. The number of nitrogens with zero attached hydrogens (tertiary/aromatic N) is 2. The van der Waals surface area contributed by atoms with E-state index in [0.29, 0.717) is 22.8 Å². The van der Waals surface area contributed by atoms with Crippen LogP contribution in [0.1, 0.15) is 44.2 Å². The zero-order valence-electron chi connectivity index (χ0n) is 20.6. The minimum Gasteiger partial charge on any atom is -0.354 e. The summed E-state index contributed by atoms with van der Waals surface area (Å²) in [5.74, 6) is -0.442. The summed E-state index contributed by atoms with van der Waals surface area (Å²) in [7, 11) is -3.59. The van der Waals surface area contributed by atoms with Crippen molar-refractivity contribution in [1.29, 1.82) is 0 Å². The number of anilines is 1. The van der Waals surface area contributed by atoms with Gasteiger partial charge in [-0.1, -0.05) is 52.7 Å². The summed E-state index contributed by atoms with van der Waals surface area (Å²) in [6, 6.07) is 12.0. The lowest BCUT2D eigenvalue weighted by atomic mass is 10.1. The highest BCUT2D eigenvalue weighted by atomic mass is 79.9. The summed E-state index contributed by atoms with van der Waals surface area (Å²) in [5, 5.41) is 3.32. The molecule has 35 heavy (non-hydrogen) atoms. The first-order chi connectivity index (χ1) is 16.5. The molecular formula is C25H33BrClN3O4S. The number of hydrogen-bond donors (Lipinski definition) is 1. The van der Waals surface area contributed by atoms with E-state index >= 15 is 0 Å². The summed E-state index contributed by atoms with van der Waals surface area (Å²) >= 11 is 9.64. The molecule has 2 amide bonds. The lowest BCUT2D eigenvalue weighted by molar-refractivity contribution is -0.140. The lowest BCUT2D eigenvalue weighted by Gasteiger charge is -2.29. The molecule has 0 aliphatic heterocycles. The van der Waals surface area contributed by atoms with Gasteiger partial charge in [-0.25, -0.2) is 8.42 Å². The fraction of sp³-hybridized carbons (Fsp3) is 0.440. The molecule has 0 heterocycles. The third kappa shape index (κ3) is 8.51. The Kier molecular flexibility index (Phi) is 11.0. The van der Waals surface area contributed by atoms with Crippen LogP contribution in [0.3, 0.4) is 0 Å². The Morgan fingerprint density at radius 2 is 1.86 bits per heavy atom. The van der Waals surface area contributed by atoms with Crippen LogP contribution in [0.4, 0.5) is 5.69 Å². The molecule has 0 radical (unpaired) electrons. The van der Waals surface area contributed by atoms with Gasteiger partial charge in [0.1, 0.15) is 6.04 Å². The van der Waals surface area contributed by atoms with Gasteiger partial charge < -0.3 is 10.2 Å². The van der Waals surface area contributed by atoms with Crippen molar-refractivity contribution < 1.29 is 18.0 Å². The number of benzene rings is 2. The van der Waals surface area contributed by atoms with Crippen molar-refractivity contribution in [3.05, 3.63) is 63.1 Å². The van der Waals surface area contributed by atoms with Gasteiger partial charge in [-0.15, -0.1) is 0 Å². The smallest absolute Gasteiger partial charge is 0.242 e. The van der Waals surface area contributed by atoms with Crippen LogP contribution < -0.4 is 9.62 Å². The molecule has 192 valence electrons. The number of carbonyl (C=O) groups is 2. The van der Waals surface area contributed by atoms with E-state index in [0.717, 1.165) is 22.7 Å². The van der Waals surface area contributed by atoms with Crippen LogP contribution in [0.15, 0.2) is 46.9 Å². The van der Waals surface area contributed by atoms with E-state index in [1.54, 1.807) is 36.9 Å². The molecule has 0 saturated heterocycles. The Labute approximate surface area is 222 Å². The minimum atomic E-state index is -3.59. The predicted octanol–water partition coefficient (Wildman–Crippen LogP) is 4.90.